The first-order valence-corrected chi connectivity index (χ1v) is 6.74. The minimum atomic E-state index is 0.844. The summed E-state index contributed by atoms with van der Waals surface area (Å²) in [5.41, 5.74) is 5.05. The van der Waals surface area contributed by atoms with Crippen molar-refractivity contribution in [3.05, 3.63) is 65.9 Å². The maximum Gasteiger partial charge on any atom is 0.0457 e. The fourth-order valence-corrected chi connectivity index (χ4v) is 2.38. The third kappa shape index (κ3) is 2.48. The smallest absolute Gasteiger partial charge is 0.0457 e. The number of fused-ring (bicyclic) bond motifs is 1. The molecule has 0 bridgehead atoms. The minimum absolute atomic E-state index is 0.844. The summed E-state index contributed by atoms with van der Waals surface area (Å²) in [6.07, 6.45) is 3.16. The number of rotatable bonds is 4. The molecule has 2 nitrogen and oxygen atoms in total. The van der Waals surface area contributed by atoms with Crippen LogP contribution >= 0.6 is 0 Å². The van der Waals surface area contributed by atoms with E-state index in [-0.39, 0.29) is 0 Å². The second-order valence-corrected chi connectivity index (χ2v) is 4.77. The number of para-hydroxylation sites is 1. The van der Waals surface area contributed by atoms with E-state index in [0.717, 1.165) is 13.0 Å². The van der Waals surface area contributed by atoms with E-state index in [0.29, 0.717) is 0 Å². The predicted octanol–water partition coefficient (Wildman–Crippen LogP) is 4.34. The number of aromatic nitrogens is 1. The van der Waals surface area contributed by atoms with Crippen molar-refractivity contribution in [3.8, 4) is 0 Å². The molecule has 0 spiro atoms. The highest BCUT2D eigenvalue weighted by molar-refractivity contribution is 5.83. The van der Waals surface area contributed by atoms with Gasteiger partial charge in [0.2, 0.25) is 0 Å². The molecular weight excluding hydrogens is 232 g/mol. The highest BCUT2D eigenvalue weighted by atomic mass is 14.9. The van der Waals surface area contributed by atoms with Gasteiger partial charge < -0.3 is 10.3 Å². The van der Waals surface area contributed by atoms with Gasteiger partial charge in [0, 0.05) is 29.3 Å². The van der Waals surface area contributed by atoms with E-state index < -0.39 is 0 Å². The number of H-pyrrole nitrogens is 1. The minimum Gasteiger partial charge on any atom is -0.381 e. The first-order chi connectivity index (χ1) is 9.36. The molecule has 1 aromatic heterocycles. The van der Waals surface area contributed by atoms with Gasteiger partial charge in [0.15, 0.2) is 0 Å². The lowest BCUT2D eigenvalue weighted by Gasteiger charge is -2.07. The molecule has 1 heterocycles. The van der Waals surface area contributed by atoms with Crippen molar-refractivity contribution in [2.75, 3.05) is 5.32 Å². The Morgan fingerprint density at radius 2 is 1.95 bits per heavy atom. The number of hydrogen-bond acceptors (Lipinski definition) is 1. The van der Waals surface area contributed by atoms with E-state index in [4.69, 9.17) is 0 Å². The second kappa shape index (κ2) is 5.19. The van der Waals surface area contributed by atoms with E-state index >= 15 is 0 Å². The van der Waals surface area contributed by atoms with Gasteiger partial charge in [0.1, 0.15) is 0 Å². The number of aromatic amines is 1. The molecule has 0 saturated carbocycles. The summed E-state index contributed by atoms with van der Waals surface area (Å²) in [6, 6.07) is 17.0. The Bertz CT molecular complexity index is 682. The number of benzene rings is 2. The third-order valence-electron chi connectivity index (χ3n) is 3.49. The van der Waals surface area contributed by atoms with Crippen molar-refractivity contribution in [3.63, 3.8) is 0 Å². The van der Waals surface area contributed by atoms with Crippen LogP contribution in [0.3, 0.4) is 0 Å². The average Bonchev–Trinajstić information content (AvgIpc) is 2.89. The molecule has 19 heavy (non-hydrogen) atoms. The van der Waals surface area contributed by atoms with Crippen LogP contribution < -0.4 is 5.32 Å². The summed E-state index contributed by atoms with van der Waals surface area (Å²) in [4.78, 5) is 3.31. The molecule has 0 atom stereocenters. The van der Waals surface area contributed by atoms with E-state index in [1.807, 2.05) is 0 Å². The van der Waals surface area contributed by atoms with Gasteiger partial charge in [-0.15, -0.1) is 0 Å². The van der Waals surface area contributed by atoms with Crippen LogP contribution in [0.1, 0.15) is 18.1 Å². The zero-order valence-corrected chi connectivity index (χ0v) is 11.1. The lowest BCUT2D eigenvalue weighted by molar-refractivity contribution is 1.12. The Kier molecular flexibility index (Phi) is 3.23. The fraction of sp³-hybridized carbons (Fsp3) is 0.176. The van der Waals surface area contributed by atoms with Gasteiger partial charge >= 0.3 is 0 Å². The SMILES string of the molecule is CCc1cccc(NCc2c[nH]c3ccccc23)c1. The maximum absolute atomic E-state index is 3.49. The topological polar surface area (TPSA) is 27.8 Å². The molecule has 0 radical (unpaired) electrons. The molecule has 2 aromatic carbocycles. The molecule has 2 N–H and O–H groups in total. The Labute approximate surface area is 113 Å². The van der Waals surface area contributed by atoms with Gasteiger partial charge in [-0.1, -0.05) is 37.3 Å². The predicted molar refractivity (Wildman–Crippen MR) is 81.4 cm³/mol. The maximum atomic E-state index is 3.49. The Morgan fingerprint density at radius 3 is 2.84 bits per heavy atom. The lowest BCUT2D eigenvalue weighted by Crippen LogP contribution is -1.99. The van der Waals surface area contributed by atoms with E-state index in [1.54, 1.807) is 0 Å². The van der Waals surface area contributed by atoms with Gasteiger partial charge in [-0.3, -0.25) is 0 Å². The summed E-state index contributed by atoms with van der Waals surface area (Å²) in [6.45, 7) is 3.02. The normalized spacial score (nSPS) is 10.8. The van der Waals surface area contributed by atoms with Crippen molar-refractivity contribution >= 4 is 16.6 Å². The van der Waals surface area contributed by atoms with E-state index in [2.05, 4.69) is 72.0 Å². The molecule has 0 aliphatic rings. The summed E-state index contributed by atoms with van der Waals surface area (Å²) in [5, 5.41) is 4.79. The standard InChI is InChI=1S/C17H18N2/c1-2-13-6-5-7-15(10-13)18-11-14-12-19-17-9-4-3-8-16(14)17/h3-10,12,18-19H,2,11H2,1H3. The largest absolute Gasteiger partial charge is 0.381 e. The first kappa shape index (κ1) is 11.8. The van der Waals surface area contributed by atoms with Gasteiger partial charge in [0.25, 0.3) is 0 Å². The van der Waals surface area contributed by atoms with Crippen molar-refractivity contribution in [1.82, 2.24) is 4.98 Å². The highest BCUT2D eigenvalue weighted by Gasteiger charge is 2.02. The van der Waals surface area contributed by atoms with Crippen molar-refractivity contribution < 1.29 is 0 Å². The van der Waals surface area contributed by atoms with Crippen LogP contribution in [0.5, 0.6) is 0 Å². The number of anilines is 1. The number of nitrogens with one attached hydrogen (secondary N) is 2. The Hall–Kier alpha value is -2.22. The summed E-state index contributed by atoms with van der Waals surface area (Å²) in [7, 11) is 0. The van der Waals surface area contributed by atoms with Crippen molar-refractivity contribution in [2.45, 2.75) is 19.9 Å². The van der Waals surface area contributed by atoms with Gasteiger partial charge in [-0.25, -0.2) is 0 Å². The first-order valence-electron chi connectivity index (χ1n) is 6.74. The summed E-state index contributed by atoms with van der Waals surface area (Å²) in [5.74, 6) is 0. The van der Waals surface area contributed by atoms with Crippen molar-refractivity contribution in [2.24, 2.45) is 0 Å². The zero-order chi connectivity index (χ0) is 13.1. The Morgan fingerprint density at radius 1 is 1.05 bits per heavy atom. The molecule has 96 valence electrons. The summed E-state index contributed by atoms with van der Waals surface area (Å²) < 4.78 is 0. The van der Waals surface area contributed by atoms with Gasteiger partial charge in [-0.2, -0.15) is 0 Å². The fourth-order valence-electron chi connectivity index (χ4n) is 2.38. The molecule has 0 saturated heterocycles. The molecule has 3 rings (SSSR count). The molecule has 2 heteroatoms. The Balaban J connectivity index is 1.78. The van der Waals surface area contributed by atoms with E-state index in [1.165, 1.54) is 27.7 Å². The van der Waals surface area contributed by atoms with Crippen molar-refractivity contribution in [1.29, 1.82) is 0 Å². The quantitative estimate of drug-likeness (QED) is 0.708. The van der Waals surface area contributed by atoms with E-state index in [9.17, 15) is 0 Å². The van der Waals surface area contributed by atoms with Gasteiger partial charge in [-0.05, 0) is 35.7 Å². The third-order valence-corrected chi connectivity index (χ3v) is 3.49. The van der Waals surface area contributed by atoms with Crippen LogP contribution in [0.2, 0.25) is 0 Å². The highest BCUT2D eigenvalue weighted by Crippen LogP contribution is 2.19. The lowest BCUT2D eigenvalue weighted by atomic mass is 10.1. The number of hydrogen-bond donors (Lipinski definition) is 2. The molecule has 0 amide bonds. The van der Waals surface area contributed by atoms with Crippen LogP contribution in [-0.2, 0) is 13.0 Å². The van der Waals surface area contributed by atoms with Crippen LogP contribution in [0, 0.1) is 0 Å². The van der Waals surface area contributed by atoms with Crippen LogP contribution in [0.15, 0.2) is 54.7 Å². The molecule has 0 aliphatic heterocycles. The average molecular weight is 250 g/mol. The van der Waals surface area contributed by atoms with Crippen LogP contribution in [-0.4, -0.2) is 4.98 Å². The van der Waals surface area contributed by atoms with Crippen LogP contribution in [0.4, 0.5) is 5.69 Å². The number of aryl methyl sites for hydroxylation is 1. The molecule has 0 unspecified atom stereocenters. The molecule has 0 aliphatic carbocycles. The monoisotopic (exact) mass is 250 g/mol. The second-order valence-electron chi connectivity index (χ2n) is 4.77. The summed E-state index contributed by atoms with van der Waals surface area (Å²) >= 11 is 0. The molecular formula is C17H18N2. The zero-order valence-electron chi connectivity index (χ0n) is 11.1. The van der Waals surface area contributed by atoms with Gasteiger partial charge in [0.05, 0.1) is 0 Å². The molecule has 3 aromatic rings. The van der Waals surface area contributed by atoms with Crippen LogP contribution in [0.25, 0.3) is 10.9 Å². The molecule has 0 fully saturated rings.